The van der Waals surface area contributed by atoms with Crippen molar-refractivity contribution >= 4 is 23.2 Å². The molecular formula is C13H18ClN5O. The number of rotatable bonds is 2. The molecule has 2 aromatic heterocycles. The quantitative estimate of drug-likeness (QED) is 0.856. The zero-order valence-electron chi connectivity index (χ0n) is 11.6. The minimum atomic E-state index is -0.321. The fourth-order valence-corrected chi connectivity index (χ4v) is 3.16. The van der Waals surface area contributed by atoms with E-state index < -0.39 is 0 Å². The van der Waals surface area contributed by atoms with Crippen molar-refractivity contribution in [3.8, 4) is 0 Å². The predicted molar refractivity (Wildman–Crippen MR) is 77.2 cm³/mol. The van der Waals surface area contributed by atoms with Crippen LogP contribution < -0.4 is 4.90 Å². The molecule has 1 aliphatic rings. The third-order valence-electron chi connectivity index (χ3n) is 4.10. The molecule has 0 bridgehead atoms. The lowest BCUT2D eigenvalue weighted by atomic mass is 9.91. The zero-order valence-corrected chi connectivity index (χ0v) is 12.4. The van der Waals surface area contributed by atoms with Gasteiger partial charge in [-0.1, -0.05) is 24.4 Å². The lowest BCUT2D eigenvalue weighted by Gasteiger charge is -2.37. The minimum Gasteiger partial charge on any atom is -0.391 e. The molecule has 1 aliphatic carbocycles. The number of nitrogens with zero attached hydrogens (tertiary/aromatic N) is 5. The molecule has 2 atom stereocenters. The Morgan fingerprint density at radius 3 is 2.90 bits per heavy atom. The highest BCUT2D eigenvalue weighted by Crippen LogP contribution is 2.30. The second-order valence-electron chi connectivity index (χ2n) is 5.35. The molecule has 1 fully saturated rings. The first kappa shape index (κ1) is 13.6. The summed E-state index contributed by atoms with van der Waals surface area (Å²) in [5.41, 5.74) is 0.852. The van der Waals surface area contributed by atoms with E-state index in [9.17, 15) is 5.11 Å². The third kappa shape index (κ3) is 2.13. The van der Waals surface area contributed by atoms with Gasteiger partial charge in [-0.2, -0.15) is 19.6 Å². The molecule has 0 aromatic carbocycles. The Hall–Kier alpha value is -1.40. The van der Waals surface area contributed by atoms with Crippen LogP contribution in [0.5, 0.6) is 0 Å². The van der Waals surface area contributed by atoms with Crippen molar-refractivity contribution in [2.45, 2.75) is 44.8 Å². The fraction of sp³-hybridized carbons (Fsp3) is 0.615. The van der Waals surface area contributed by atoms with E-state index in [1.807, 2.05) is 14.0 Å². The van der Waals surface area contributed by atoms with E-state index in [1.54, 1.807) is 4.52 Å². The van der Waals surface area contributed by atoms with Gasteiger partial charge in [-0.3, -0.25) is 0 Å². The van der Waals surface area contributed by atoms with Gasteiger partial charge in [0.25, 0.3) is 5.78 Å². The normalized spacial score (nSPS) is 23.2. The van der Waals surface area contributed by atoms with E-state index in [0.29, 0.717) is 10.9 Å². The first-order valence-electron chi connectivity index (χ1n) is 6.86. The summed E-state index contributed by atoms with van der Waals surface area (Å²) in [7, 11) is 1.97. The molecule has 0 amide bonds. The van der Waals surface area contributed by atoms with Gasteiger partial charge >= 0.3 is 0 Å². The Balaban J connectivity index is 2.08. The van der Waals surface area contributed by atoms with Gasteiger partial charge < -0.3 is 10.0 Å². The molecule has 2 unspecified atom stereocenters. The molecule has 0 aliphatic heterocycles. The summed E-state index contributed by atoms with van der Waals surface area (Å²) >= 11 is 6.19. The Kier molecular flexibility index (Phi) is 3.52. The maximum atomic E-state index is 10.2. The second-order valence-corrected chi connectivity index (χ2v) is 5.71. The SMILES string of the molecule is Cc1c(Cl)nc2ncnn2c1N(C)C1CCCCC1O. The molecule has 6 nitrogen and oxygen atoms in total. The number of aromatic nitrogens is 4. The van der Waals surface area contributed by atoms with Gasteiger partial charge in [0.2, 0.25) is 0 Å². The first-order valence-corrected chi connectivity index (χ1v) is 7.24. The van der Waals surface area contributed by atoms with Crippen LogP contribution in [0.1, 0.15) is 31.2 Å². The van der Waals surface area contributed by atoms with Crippen LogP contribution in [0, 0.1) is 6.92 Å². The van der Waals surface area contributed by atoms with Crippen LogP contribution in [-0.2, 0) is 0 Å². The van der Waals surface area contributed by atoms with Crippen LogP contribution in [0.4, 0.5) is 5.82 Å². The Labute approximate surface area is 122 Å². The van der Waals surface area contributed by atoms with Crippen molar-refractivity contribution in [2.24, 2.45) is 0 Å². The summed E-state index contributed by atoms with van der Waals surface area (Å²) in [6.07, 6.45) is 5.16. The summed E-state index contributed by atoms with van der Waals surface area (Å²) in [5.74, 6) is 1.33. The minimum absolute atomic E-state index is 0.0771. The predicted octanol–water partition coefficient (Wildman–Crippen LogP) is 1.83. The third-order valence-corrected chi connectivity index (χ3v) is 4.47. The van der Waals surface area contributed by atoms with Crippen LogP contribution >= 0.6 is 11.6 Å². The molecule has 3 rings (SSSR count). The molecule has 0 saturated heterocycles. The van der Waals surface area contributed by atoms with Crippen LogP contribution in [0.25, 0.3) is 5.78 Å². The summed E-state index contributed by atoms with van der Waals surface area (Å²) in [6.45, 7) is 1.91. The van der Waals surface area contributed by atoms with E-state index in [2.05, 4.69) is 20.0 Å². The first-order chi connectivity index (χ1) is 9.59. The number of hydrogen-bond acceptors (Lipinski definition) is 5. The van der Waals surface area contributed by atoms with E-state index in [4.69, 9.17) is 11.6 Å². The molecule has 2 heterocycles. The number of fused-ring (bicyclic) bond motifs is 1. The standard InChI is InChI=1S/C13H18ClN5O/c1-8-11(14)17-13-15-7-16-19(13)12(8)18(2)9-5-3-4-6-10(9)20/h7,9-10,20H,3-6H2,1-2H3. The summed E-state index contributed by atoms with van der Waals surface area (Å²) in [4.78, 5) is 10.4. The van der Waals surface area contributed by atoms with Crippen molar-refractivity contribution in [2.75, 3.05) is 11.9 Å². The van der Waals surface area contributed by atoms with Crippen LogP contribution in [0.2, 0.25) is 5.15 Å². The second kappa shape index (κ2) is 5.18. The monoisotopic (exact) mass is 295 g/mol. The Morgan fingerprint density at radius 2 is 2.15 bits per heavy atom. The molecule has 1 N–H and O–H groups in total. The van der Waals surface area contributed by atoms with Crippen LogP contribution in [0.3, 0.4) is 0 Å². The largest absolute Gasteiger partial charge is 0.391 e. The number of aliphatic hydroxyl groups is 1. The Bertz CT molecular complexity index is 628. The number of likely N-dealkylation sites (N-methyl/N-ethyl adjacent to an activating group) is 1. The average molecular weight is 296 g/mol. The van der Waals surface area contributed by atoms with Crippen molar-refractivity contribution < 1.29 is 5.11 Å². The molecule has 7 heteroatoms. The van der Waals surface area contributed by atoms with Gasteiger partial charge in [0.15, 0.2) is 0 Å². The lowest BCUT2D eigenvalue weighted by Crippen LogP contribution is -2.44. The summed E-state index contributed by atoms with van der Waals surface area (Å²) < 4.78 is 1.68. The van der Waals surface area contributed by atoms with Gasteiger partial charge in [0.1, 0.15) is 17.3 Å². The van der Waals surface area contributed by atoms with E-state index in [1.165, 1.54) is 6.33 Å². The van der Waals surface area contributed by atoms with Crippen molar-refractivity contribution in [3.05, 3.63) is 17.0 Å². The topological polar surface area (TPSA) is 66.5 Å². The smallest absolute Gasteiger partial charge is 0.255 e. The lowest BCUT2D eigenvalue weighted by molar-refractivity contribution is 0.106. The number of hydrogen-bond donors (Lipinski definition) is 1. The van der Waals surface area contributed by atoms with Gasteiger partial charge in [-0.25, -0.2) is 0 Å². The average Bonchev–Trinajstić information content (AvgIpc) is 2.87. The molecular weight excluding hydrogens is 278 g/mol. The molecule has 2 aromatic rings. The molecule has 20 heavy (non-hydrogen) atoms. The summed E-state index contributed by atoms with van der Waals surface area (Å²) in [5, 5.41) is 14.9. The number of aliphatic hydroxyl groups excluding tert-OH is 1. The maximum Gasteiger partial charge on any atom is 0.255 e. The highest BCUT2D eigenvalue weighted by molar-refractivity contribution is 6.30. The molecule has 0 radical (unpaired) electrons. The van der Waals surface area contributed by atoms with Crippen LogP contribution in [0.15, 0.2) is 6.33 Å². The Morgan fingerprint density at radius 1 is 1.40 bits per heavy atom. The van der Waals surface area contributed by atoms with E-state index in [-0.39, 0.29) is 12.1 Å². The van der Waals surface area contributed by atoms with Crippen molar-refractivity contribution in [1.82, 2.24) is 19.6 Å². The van der Waals surface area contributed by atoms with Gasteiger partial charge in [0.05, 0.1) is 12.1 Å². The molecule has 108 valence electrons. The van der Waals surface area contributed by atoms with Gasteiger partial charge in [-0.15, -0.1) is 0 Å². The summed E-state index contributed by atoms with van der Waals surface area (Å²) in [6, 6.07) is 0.0771. The highest BCUT2D eigenvalue weighted by atomic mass is 35.5. The van der Waals surface area contributed by atoms with E-state index >= 15 is 0 Å². The van der Waals surface area contributed by atoms with E-state index in [0.717, 1.165) is 37.1 Å². The van der Waals surface area contributed by atoms with Crippen molar-refractivity contribution in [1.29, 1.82) is 0 Å². The molecule has 1 saturated carbocycles. The van der Waals surface area contributed by atoms with Crippen molar-refractivity contribution in [3.63, 3.8) is 0 Å². The highest BCUT2D eigenvalue weighted by Gasteiger charge is 2.29. The fourth-order valence-electron chi connectivity index (χ4n) is 3.00. The van der Waals surface area contributed by atoms with Crippen LogP contribution in [-0.4, -0.2) is 43.9 Å². The zero-order chi connectivity index (χ0) is 14.3. The number of anilines is 1. The number of halogens is 1. The van der Waals surface area contributed by atoms with Gasteiger partial charge in [-0.05, 0) is 19.8 Å². The molecule has 0 spiro atoms. The van der Waals surface area contributed by atoms with Gasteiger partial charge in [0, 0.05) is 12.6 Å². The maximum absolute atomic E-state index is 10.2.